The molecule has 2 aliphatic carbocycles. The van der Waals surface area contributed by atoms with Gasteiger partial charge in [0, 0.05) is 29.3 Å². The Labute approximate surface area is 195 Å². The summed E-state index contributed by atoms with van der Waals surface area (Å²) in [6.45, 7) is 0.0775. The summed E-state index contributed by atoms with van der Waals surface area (Å²) >= 11 is 6.49. The van der Waals surface area contributed by atoms with Gasteiger partial charge < -0.3 is 20.1 Å². The molecule has 33 heavy (non-hydrogen) atoms. The highest BCUT2D eigenvalue weighted by molar-refractivity contribution is 6.32. The first-order valence-corrected chi connectivity index (χ1v) is 11.6. The van der Waals surface area contributed by atoms with E-state index in [4.69, 9.17) is 16.3 Å². The van der Waals surface area contributed by atoms with Gasteiger partial charge in [0.25, 0.3) is 5.56 Å². The number of hydrogen-bond acceptors (Lipinski definition) is 4. The maximum absolute atomic E-state index is 12.7. The lowest BCUT2D eigenvalue weighted by atomic mass is 9.98. The summed E-state index contributed by atoms with van der Waals surface area (Å²) in [7, 11) is 0. The van der Waals surface area contributed by atoms with Crippen LogP contribution in [0.25, 0.3) is 5.57 Å². The normalized spacial score (nSPS) is 21.5. The van der Waals surface area contributed by atoms with Crippen LogP contribution >= 0.6 is 11.6 Å². The van der Waals surface area contributed by atoms with Crippen molar-refractivity contribution in [2.75, 3.05) is 6.61 Å². The molecular formula is C25H25ClN2O5. The Kier molecular flexibility index (Phi) is 5.52. The quantitative estimate of drug-likeness (QED) is 0.545. The van der Waals surface area contributed by atoms with Crippen LogP contribution in [-0.2, 0) is 9.59 Å². The number of ether oxygens (including phenoxy) is 1. The van der Waals surface area contributed by atoms with Crippen molar-refractivity contribution in [1.29, 1.82) is 0 Å². The molecule has 2 saturated carbocycles. The predicted molar refractivity (Wildman–Crippen MR) is 124 cm³/mol. The van der Waals surface area contributed by atoms with Crippen molar-refractivity contribution in [3.05, 3.63) is 68.6 Å². The molecule has 0 unspecified atom stereocenters. The second-order valence-corrected chi connectivity index (χ2v) is 9.65. The third kappa shape index (κ3) is 4.55. The zero-order valence-electron chi connectivity index (χ0n) is 18.0. The molecule has 2 aromatic rings. The summed E-state index contributed by atoms with van der Waals surface area (Å²) in [5, 5.41) is 12.6. The molecule has 1 aromatic carbocycles. The maximum Gasteiger partial charge on any atom is 0.313 e. The number of aromatic amines is 1. The molecule has 1 aliphatic heterocycles. The lowest BCUT2D eigenvalue weighted by molar-refractivity contribution is -0.144. The summed E-state index contributed by atoms with van der Waals surface area (Å²) < 4.78 is 5.73. The molecule has 3 aliphatic rings. The van der Waals surface area contributed by atoms with Crippen LogP contribution in [0.15, 0.2) is 41.2 Å². The van der Waals surface area contributed by atoms with Crippen LogP contribution < -0.4 is 15.6 Å². The molecule has 7 nitrogen and oxygen atoms in total. The highest BCUT2D eigenvalue weighted by Crippen LogP contribution is 2.46. The number of halogens is 1. The number of carboxylic acid groups (broad SMARTS) is 1. The number of nitrogens with one attached hydrogen (secondary N) is 2. The number of amides is 1. The molecule has 1 saturated heterocycles. The lowest BCUT2D eigenvalue weighted by Crippen LogP contribution is -2.24. The van der Waals surface area contributed by atoms with Crippen molar-refractivity contribution >= 4 is 29.1 Å². The highest BCUT2D eigenvalue weighted by atomic mass is 35.5. The van der Waals surface area contributed by atoms with E-state index in [-0.39, 0.29) is 24.1 Å². The van der Waals surface area contributed by atoms with Crippen LogP contribution in [0.3, 0.4) is 0 Å². The number of aliphatic carboxylic acids is 1. The predicted octanol–water partition coefficient (Wildman–Crippen LogP) is 3.86. The lowest BCUT2D eigenvalue weighted by Gasteiger charge is -2.16. The molecule has 2 heterocycles. The van der Waals surface area contributed by atoms with Gasteiger partial charge in [0.1, 0.15) is 17.8 Å². The number of carboxylic acids is 1. The fourth-order valence-corrected chi connectivity index (χ4v) is 4.47. The van der Waals surface area contributed by atoms with Crippen molar-refractivity contribution in [2.24, 2.45) is 5.41 Å². The third-order valence-electron chi connectivity index (χ3n) is 6.70. The Balaban J connectivity index is 1.45. The first-order valence-electron chi connectivity index (χ1n) is 11.3. The Hall–Kier alpha value is -3.06. The minimum atomic E-state index is -0.849. The molecule has 0 bridgehead atoms. The smallest absolute Gasteiger partial charge is 0.313 e. The Morgan fingerprint density at radius 1 is 1.18 bits per heavy atom. The van der Waals surface area contributed by atoms with Crippen LogP contribution in [0.1, 0.15) is 61.3 Å². The molecular weight excluding hydrogens is 444 g/mol. The molecule has 1 aromatic heterocycles. The monoisotopic (exact) mass is 468 g/mol. The van der Waals surface area contributed by atoms with Gasteiger partial charge in [0.2, 0.25) is 5.91 Å². The van der Waals surface area contributed by atoms with E-state index in [1.807, 2.05) is 24.3 Å². The second kappa shape index (κ2) is 8.37. The van der Waals surface area contributed by atoms with E-state index in [1.54, 1.807) is 12.1 Å². The van der Waals surface area contributed by atoms with Gasteiger partial charge >= 0.3 is 5.97 Å². The zero-order chi connectivity index (χ0) is 23.2. The first-order chi connectivity index (χ1) is 15.8. The number of carbonyl (C=O) groups excluding carboxylic acids is 1. The number of hydrogen-bond donors (Lipinski definition) is 3. The second-order valence-electron chi connectivity index (χ2n) is 9.24. The van der Waals surface area contributed by atoms with Crippen molar-refractivity contribution < 1.29 is 19.4 Å². The summed E-state index contributed by atoms with van der Waals surface area (Å²) in [6.07, 6.45) is 6.37. The van der Waals surface area contributed by atoms with Gasteiger partial charge in [-0.1, -0.05) is 29.8 Å². The van der Waals surface area contributed by atoms with Gasteiger partial charge in [-0.3, -0.25) is 14.4 Å². The van der Waals surface area contributed by atoms with E-state index in [0.29, 0.717) is 48.1 Å². The maximum atomic E-state index is 12.7. The average molecular weight is 469 g/mol. The van der Waals surface area contributed by atoms with E-state index in [2.05, 4.69) is 10.3 Å². The summed E-state index contributed by atoms with van der Waals surface area (Å²) in [4.78, 5) is 38.8. The molecule has 1 amide bonds. The highest BCUT2D eigenvalue weighted by Gasteiger charge is 2.51. The van der Waals surface area contributed by atoms with Crippen molar-refractivity contribution in [3.63, 3.8) is 0 Å². The van der Waals surface area contributed by atoms with E-state index in [1.165, 1.54) is 0 Å². The van der Waals surface area contributed by atoms with E-state index >= 15 is 0 Å². The minimum absolute atomic E-state index is 0.00221. The van der Waals surface area contributed by atoms with Gasteiger partial charge in [-0.2, -0.15) is 0 Å². The standard InChI is InChI=1S/C25H25ClN2O5/c26-19-11-15(3-7-21(19)33-13-25(9-10-25)24(31)32)18(12-16-4-8-22(29)27-16)20-6-5-17(14-1-2-14)23(30)28-20/h3,5-7,11-12,14,16H,1-2,4,8-10,13H2,(H,27,29)(H,28,30)(H,31,32)/b18-12+/t16-/m1/s1. The molecule has 3 fully saturated rings. The number of benzene rings is 1. The van der Waals surface area contributed by atoms with Crippen molar-refractivity contribution in [1.82, 2.24) is 10.3 Å². The SMILES string of the molecule is O=C1CC[C@H](/C=C(\c2ccc(OCC3(C(=O)O)CC3)c(Cl)c2)c2ccc(C3CC3)c(=O)[nH]2)N1. The van der Waals surface area contributed by atoms with E-state index < -0.39 is 11.4 Å². The summed E-state index contributed by atoms with van der Waals surface area (Å²) in [6, 6.07) is 8.93. The van der Waals surface area contributed by atoms with Crippen LogP contribution in [0.2, 0.25) is 5.02 Å². The van der Waals surface area contributed by atoms with Crippen LogP contribution in [0.4, 0.5) is 0 Å². The Morgan fingerprint density at radius 2 is 1.97 bits per heavy atom. The molecule has 3 N–H and O–H groups in total. The number of rotatable bonds is 8. The van der Waals surface area contributed by atoms with E-state index in [0.717, 1.165) is 29.5 Å². The molecule has 8 heteroatoms. The summed E-state index contributed by atoms with van der Waals surface area (Å²) in [5.74, 6) is -0.0881. The van der Waals surface area contributed by atoms with Crippen LogP contribution in [-0.4, -0.2) is 34.6 Å². The average Bonchev–Trinajstić information content (AvgIpc) is 3.70. The molecule has 5 rings (SSSR count). The Morgan fingerprint density at radius 3 is 2.55 bits per heavy atom. The van der Waals surface area contributed by atoms with Crippen molar-refractivity contribution in [2.45, 2.75) is 50.5 Å². The fourth-order valence-electron chi connectivity index (χ4n) is 4.24. The molecule has 0 radical (unpaired) electrons. The number of pyridine rings is 1. The zero-order valence-corrected chi connectivity index (χ0v) is 18.8. The first kappa shape index (κ1) is 21.8. The number of aromatic nitrogens is 1. The van der Waals surface area contributed by atoms with Crippen LogP contribution in [0, 0.1) is 5.41 Å². The largest absolute Gasteiger partial charge is 0.491 e. The number of H-pyrrole nitrogens is 1. The Bertz CT molecular complexity index is 1210. The van der Waals surface area contributed by atoms with Gasteiger partial charge in [-0.05, 0) is 61.8 Å². The van der Waals surface area contributed by atoms with Gasteiger partial charge in [0.05, 0.1) is 5.02 Å². The molecule has 172 valence electrons. The van der Waals surface area contributed by atoms with Gasteiger partial charge in [-0.15, -0.1) is 0 Å². The van der Waals surface area contributed by atoms with Gasteiger partial charge in [0.15, 0.2) is 0 Å². The van der Waals surface area contributed by atoms with E-state index in [9.17, 15) is 19.5 Å². The summed E-state index contributed by atoms with van der Waals surface area (Å²) in [5.41, 5.74) is 2.09. The van der Waals surface area contributed by atoms with Gasteiger partial charge in [-0.25, -0.2) is 0 Å². The number of carbonyl (C=O) groups is 2. The third-order valence-corrected chi connectivity index (χ3v) is 6.99. The molecule has 0 spiro atoms. The topological polar surface area (TPSA) is 108 Å². The molecule has 1 atom stereocenters. The minimum Gasteiger partial charge on any atom is -0.491 e. The van der Waals surface area contributed by atoms with Crippen LogP contribution in [0.5, 0.6) is 5.75 Å². The van der Waals surface area contributed by atoms with Crippen molar-refractivity contribution in [3.8, 4) is 5.75 Å². The fraction of sp³-hybridized carbons (Fsp3) is 0.400.